The lowest BCUT2D eigenvalue weighted by Gasteiger charge is -2.33. The molecule has 1 aromatic carbocycles. The number of aromatic nitrogens is 2. The van der Waals surface area contributed by atoms with Gasteiger partial charge in [0.25, 0.3) is 0 Å². The number of halogens is 1. The fraction of sp³-hybridized carbons (Fsp3) is 0.381. The number of carbonyl (C=O) groups excluding carboxylic acids is 1. The Morgan fingerprint density at radius 1 is 1.28 bits per heavy atom. The van der Waals surface area contributed by atoms with E-state index < -0.39 is 0 Å². The van der Waals surface area contributed by atoms with Crippen molar-refractivity contribution in [1.29, 1.82) is 0 Å². The van der Waals surface area contributed by atoms with E-state index in [9.17, 15) is 4.79 Å². The number of benzene rings is 1. The molecule has 1 aliphatic rings. The number of nitrogens with zero attached hydrogens (tertiary/aromatic N) is 3. The number of amides is 1. The smallest absolute Gasteiger partial charge is 0.407 e. The molecule has 1 aliphatic heterocycles. The van der Waals surface area contributed by atoms with Gasteiger partial charge in [-0.3, -0.25) is 0 Å². The summed E-state index contributed by atoms with van der Waals surface area (Å²) in [5.41, 5.74) is 0.967. The second-order valence-corrected chi connectivity index (χ2v) is 8.57. The lowest BCUT2D eigenvalue weighted by molar-refractivity contribution is 0.138. The number of hydrogen-bond acceptors (Lipinski definition) is 6. The molecule has 0 unspecified atom stereocenters. The highest BCUT2D eigenvalue weighted by molar-refractivity contribution is 7.09. The summed E-state index contributed by atoms with van der Waals surface area (Å²) in [6.07, 6.45) is 4.48. The van der Waals surface area contributed by atoms with Crippen molar-refractivity contribution in [2.45, 2.75) is 25.9 Å². The van der Waals surface area contributed by atoms with Gasteiger partial charge in [0.15, 0.2) is 0 Å². The molecule has 0 aliphatic carbocycles. The summed E-state index contributed by atoms with van der Waals surface area (Å²) in [6.45, 7) is 2.82. The number of nitrogens with one attached hydrogen (secondary N) is 1. The summed E-state index contributed by atoms with van der Waals surface area (Å²) in [5, 5.41) is 7.30. The number of alkyl carbamates (subject to hydrolysis) is 1. The highest BCUT2D eigenvalue weighted by Crippen LogP contribution is 2.26. The fourth-order valence-corrected chi connectivity index (χ4v) is 4.30. The first kappa shape index (κ1) is 19.9. The van der Waals surface area contributed by atoms with E-state index in [1.165, 1.54) is 11.3 Å². The molecule has 0 saturated carbocycles. The van der Waals surface area contributed by atoms with Crippen molar-refractivity contribution in [3.8, 4) is 0 Å². The minimum absolute atomic E-state index is 0.229. The molecule has 0 spiro atoms. The monoisotopic (exact) mass is 430 g/mol. The second-order valence-electron chi connectivity index (χ2n) is 7.15. The van der Waals surface area contributed by atoms with Gasteiger partial charge in [-0.25, -0.2) is 14.8 Å². The molecule has 4 rings (SSSR count). The van der Waals surface area contributed by atoms with E-state index >= 15 is 0 Å². The summed E-state index contributed by atoms with van der Waals surface area (Å²) >= 11 is 7.53. The Morgan fingerprint density at radius 3 is 2.93 bits per heavy atom. The van der Waals surface area contributed by atoms with Gasteiger partial charge in [0, 0.05) is 41.6 Å². The van der Waals surface area contributed by atoms with Crippen molar-refractivity contribution in [3.05, 3.63) is 51.9 Å². The van der Waals surface area contributed by atoms with Crippen LogP contribution in [0.15, 0.2) is 41.9 Å². The van der Waals surface area contributed by atoms with E-state index in [0.29, 0.717) is 12.5 Å². The van der Waals surface area contributed by atoms with Gasteiger partial charge < -0.3 is 15.0 Å². The van der Waals surface area contributed by atoms with Gasteiger partial charge in [0.1, 0.15) is 17.4 Å². The highest BCUT2D eigenvalue weighted by atomic mass is 35.5. The Balaban J connectivity index is 1.19. The molecule has 8 heteroatoms. The summed E-state index contributed by atoms with van der Waals surface area (Å²) in [7, 11) is 0. The molecule has 2 aromatic heterocycles. The Morgan fingerprint density at radius 2 is 2.14 bits per heavy atom. The first-order chi connectivity index (χ1) is 14.2. The van der Waals surface area contributed by atoms with Crippen LogP contribution in [0.4, 0.5) is 10.6 Å². The fourth-order valence-electron chi connectivity index (χ4n) is 3.59. The SMILES string of the molecule is O=C(NCCC1CCN(c2ccc3cc(Cl)ccc3n2)CC1)OCc1nccs1. The molecule has 0 bridgehead atoms. The first-order valence-electron chi connectivity index (χ1n) is 9.77. The Bertz CT molecular complexity index is 958. The van der Waals surface area contributed by atoms with Crippen LogP contribution in [0.25, 0.3) is 10.9 Å². The maximum atomic E-state index is 11.8. The van der Waals surface area contributed by atoms with Gasteiger partial charge >= 0.3 is 6.09 Å². The highest BCUT2D eigenvalue weighted by Gasteiger charge is 2.20. The quantitative estimate of drug-likeness (QED) is 0.603. The number of anilines is 1. The Labute approximate surface area is 178 Å². The van der Waals surface area contributed by atoms with Crippen LogP contribution in [0.3, 0.4) is 0 Å². The molecule has 1 N–H and O–H groups in total. The van der Waals surface area contributed by atoms with Crippen LogP contribution < -0.4 is 10.2 Å². The third kappa shape index (κ3) is 5.36. The largest absolute Gasteiger partial charge is 0.442 e. The van der Waals surface area contributed by atoms with E-state index in [0.717, 1.165) is 59.1 Å². The van der Waals surface area contributed by atoms with E-state index in [2.05, 4.69) is 27.3 Å². The molecule has 0 radical (unpaired) electrons. The number of piperidine rings is 1. The number of ether oxygens (including phenoxy) is 1. The normalized spacial score (nSPS) is 14.9. The number of pyridine rings is 1. The number of rotatable bonds is 6. The molecule has 1 saturated heterocycles. The van der Waals surface area contributed by atoms with Gasteiger partial charge in [-0.1, -0.05) is 11.6 Å². The Hall–Kier alpha value is -2.38. The topological polar surface area (TPSA) is 67.4 Å². The summed E-state index contributed by atoms with van der Waals surface area (Å²) in [4.78, 5) is 23.0. The van der Waals surface area contributed by atoms with Crippen molar-refractivity contribution < 1.29 is 9.53 Å². The van der Waals surface area contributed by atoms with Crippen molar-refractivity contribution in [1.82, 2.24) is 15.3 Å². The van der Waals surface area contributed by atoms with Gasteiger partial charge in [0.2, 0.25) is 0 Å². The van der Waals surface area contributed by atoms with Gasteiger partial charge in [-0.2, -0.15) is 0 Å². The maximum Gasteiger partial charge on any atom is 0.407 e. The van der Waals surface area contributed by atoms with Gasteiger partial charge in [-0.15, -0.1) is 11.3 Å². The first-order valence-corrected chi connectivity index (χ1v) is 11.0. The van der Waals surface area contributed by atoms with Crippen LogP contribution in [0.1, 0.15) is 24.3 Å². The second kappa shape index (κ2) is 9.41. The van der Waals surface area contributed by atoms with Crippen molar-refractivity contribution in [2.24, 2.45) is 5.92 Å². The molecule has 6 nitrogen and oxygen atoms in total. The van der Waals surface area contributed by atoms with Crippen LogP contribution in [-0.2, 0) is 11.3 Å². The molecule has 3 heterocycles. The van der Waals surface area contributed by atoms with Crippen LogP contribution in [0, 0.1) is 5.92 Å². The van der Waals surface area contributed by atoms with Crippen LogP contribution >= 0.6 is 22.9 Å². The third-order valence-electron chi connectivity index (χ3n) is 5.21. The van der Waals surface area contributed by atoms with Gasteiger partial charge in [-0.05, 0) is 55.5 Å². The zero-order valence-corrected chi connectivity index (χ0v) is 17.6. The minimum atomic E-state index is -0.377. The van der Waals surface area contributed by atoms with Crippen LogP contribution in [0.5, 0.6) is 0 Å². The van der Waals surface area contributed by atoms with Crippen molar-refractivity contribution in [2.75, 3.05) is 24.5 Å². The maximum absolute atomic E-state index is 11.8. The average Bonchev–Trinajstić information content (AvgIpc) is 3.26. The number of hydrogen-bond donors (Lipinski definition) is 1. The predicted molar refractivity (Wildman–Crippen MR) is 117 cm³/mol. The zero-order chi connectivity index (χ0) is 20.1. The summed E-state index contributed by atoms with van der Waals surface area (Å²) < 4.78 is 5.17. The molecule has 0 atom stereocenters. The van der Waals surface area contributed by atoms with Crippen LogP contribution in [-0.4, -0.2) is 35.7 Å². The van der Waals surface area contributed by atoms with Gasteiger partial charge in [0.05, 0.1) is 5.52 Å². The molecule has 152 valence electrons. The van der Waals surface area contributed by atoms with E-state index in [1.807, 2.05) is 23.6 Å². The average molecular weight is 431 g/mol. The van der Waals surface area contributed by atoms with E-state index in [1.54, 1.807) is 6.20 Å². The molecule has 29 heavy (non-hydrogen) atoms. The van der Waals surface area contributed by atoms with E-state index in [4.69, 9.17) is 21.3 Å². The molecular formula is C21H23ClN4O2S. The number of fused-ring (bicyclic) bond motifs is 1. The van der Waals surface area contributed by atoms with Crippen LogP contribution in [0.2, 0.25) is 5.02 Å². The van der Waals surface area contributed by atoms with Crippen molar-refractivity contribution >= 4 is 45.8 Å². The molecule has 3 aromatic rings. The zero-order valence-electron chi connectivity index (χ0n) is 16.0. The number of carbonyl (C=O) groups is 1. The minimum Gasteiger partial charge on any atom is -0.442 e. The summed E-state index contributed by atoms with van der Waals surface area (Å²) in [6, 6.07) is 9.93. The lowest BCUT2D eigenvalue weighted by Crippen LogP contribution is -2.35. The lowest BCUT2D eigenvalue weighted by atomic mass is 9.93. The third-order valence-corrected chi connectivity index (χ3v) is 6.20. The van der Waals surface area contributed by atoms with Crippen molar-refractivity contribution in [3.63, 3.8) is 0 Å². The molecular weight excluding hydrogens is 408 g/mol. The summed E-state index contributed by atoms with van der Waals surface area (Å²) in [5.74, 6) is 1.62. The molecule has 1 amide bonds. The van der Waals surface area contributed by atoms with E-state index in [-0.39, 0.29) is 12.7 Å². The standard InChI is InChI=1S/C21H23ClN4O2S/c22-17-2-3-18-16(13-17)1-4-19(25-18)26-10-6-15(7-11-26)5-8-24-21(27)28-14-20-23-9-12-29-20/h1-4,9,12-13,15H,5-8,10-11,14H2,(H,24,27). The predicted octanol–water partition coefficient (Wildman–Crippen LogP) is 4.88. The Kier molecular flexibility index (Phi) is 6.46. The number of thiazole rings is 1. The molecule has 1 fully saturated rings.